The van der Waals surface area contributed by atoms with E-state index >= 15 is 0 Å². The topological polar surface area (TPSA) is 50.7 Å². The summed E-state index contributed by atoms with van der Waals surface area (Å²) in [6, 6.07) is 4.30. The van der Waals surface area contributed by atoms with Gasteiger partial charge in [0.15, 0.2) is 0 Å². The minimum absolute atomic E-state index is 0.0528. The Morgan fingerprint density at radius 3 is 2.37 bits per heavy atom. The lowest BCUT2D eigenvalue weighted by Gasteiger charge is -2.14. The van der Waals surface area contributed by atoms with E-state index in [4.69, 9.17) is 14.6 Å². The molecule has 1 aromatic rings. The predicted molar refractivity (Wildman–Crippen MR) is 76.7 cm³/mol. The number of ether oxygens (including phenoxy) is 2. The normalized spacial score (nSPS) is 10.7. The summed E-state index contributed by atoms with van der Waals surface area (Å²) in [6.07, 6.45) is 0. The van der Waals surface area contributed by atoms with Gasteiger partial charge in [0, 0.05) is 6.54 Å². The molecule has 4 heteroatoms. The minimum atomic E-state index is 0.0528. The molecule has 0 spiro atoms. The number of benzene rings is 1. The fraction of sp³-hybridized carbons (Fsp3) is 0.600. The fourth-order valence-electron chi connectivity index (χ4n) is 2.01. The van der Waals surface area contributed by atoms with Crippen molar-refractivity contribution in [2.24, 2.45) is 0 Å². The van der Waals surface area contributed by atoms with Gasteiger partial charge < -0.3 is 19.9 Å². The highest BCUT2D eigenvalue weighted by molar-refractivity contribution is 5.43. The zero-order valence-electron chi connectivity index (χ0n) is 12.2. The number of aliphatic hydroxyl groups excluding tert-OH is 1. The van der Waals surface area contributed by atoms with Gasteiger partial charge in [0.25, 0.3) is 0 Å². The molecule has 1 aromatic carbocycles. The molecule has 0 heterocycles. The predicted octanol–water partition coefficient (Wildman–Crippen LogP) is 1.80. The van der Waals surface area contributed by atoms with Crippen LogP contribution in [0.4, 0.5) is 0 Å². The molecule has 1 rings (SSSR count). The van der Waals surface area contributed by atoms with Gasteiger partial charge in [-0.2, -0.15) is 0 Å². The second-order valence-corrected chi connectivity index (χ2v) is 4.52. The van der Waals surface area contributed by atoms with Gasteiger partial charge >= 0.3 is 0 Å². The van der Waals surface area contributed by atoms with Crippen molar-refractivity contribution in [2.45, 2.75) is 27.3 Å². The van der Waals surface area contributed by atoms with Crippen LogP contribution in [0.2, 0.25) is 0 Å². The summed E-state index contributed by atoms with van der Waals surface area (Å²) in [5, 5.41) is 11.9. The van der Waals surface area contributed by atoms with Crippen molar-refractivity contribution in [1.82, 2.24) is 5.32 Å². The van der Waals surface area contributed by atoms with E-state index in [1.165, 1.54) is 5.56 Å². The van der Waals surface area contributed by atoms with Crippen LogP contribution in [0.15, 0.2) is 12.1 Å². The largest absolute Gasteiger partial charge is 0.491 e. The van der Waals surface area contributed by atoms with Crippen LogP contribution in [-0.4, -0.2) is 38.1 Å². The SMILES string of the molecule is CCNCc1cc(C)c(OCCOCCO)c(C)c1. The Labute approximate surface area is 115 Å². The monoisotopic (exact) mass is 267 g/mol. The zero-order valence-corrected chi connectivity index (χ0v) is 12.2. The van der Waals surface area contributed by atoms with E-state index in [0.717, 1.165) is 30.0 Å². The van der Waals surface area contributed by atoms with Gasteiger partial charge in [0.05, 0.1) is 19.8 Å². The standard InChI is InChI=1S/C15H25NO3/c1-4-16-11-14-9-12(2)15(13(3)10-14)19-8-7-18-6-5-17/h9-10,16-17H,4-8,11H2,1-3H3. The first kappa shape index (κ1) is 16.0. The molecule has 0 bridgehead atoms. The molecule has 0 amide bonds. The van der Waals surface area contributed by atoms with Crippen LogP contribution in [0.5, 0.6) is 5.75 Å². The smallest absolute Gasteiger partial charge is 0.125 e. The molecule has 4 nitrogen and oxygen atoms in total. The quantitative estimate of drug-likeness (QED) is 0.670. The number of aryl methyl sites for hydroxylation is 2. The summed E-state index contributed by atoms with van der Waals surface area (Å²) in [6.45, 7) is 9.51. The molecular formula is C15H25NO3. The van der Waals surface area contributed by atoms with Crippen LogP contribution in [0, 0.1) is 13.8 Å². The highest BCUT2D eigenvalue weighted by Crippen LogP contribution is 2.24. The van der Waals surface area contributed by atoms with Crippen molar-refractivity contribution in [3.05, 3.63) is 28.8 Å². The molecule has 0 aliphatic heterocycles. The van der Waals surface area contributed by atoms with Crippen molar-refractivity contribution in [3.63, 3.8) is 0 Å². The molecule has 0 radical (unpaired) electrons. The molecule has 0 saturated heterocycles. The fourth-order valence-corrected chi connectivity index (χ4v) is 2.01. The highest BCUT2D eigenvalue weighted by atomic mass is 16.5. The van der Waals surface area contributed by atoms with Crippen LogP contribution in [0.3, 0.4) is 0 Å². The lowest BCUT2D eigenvalue weighted by atomic mass is 10.1. The summed E-state index contributed by atoms with van der Waals surface area (Å²) >= 11 is 0. The number of hydrogen-bond donors (Lipinski definition) is 2. The number of aliphatic hydroxyl groups is 1. The summed E-state index contributed by atoms with van der Waals surface area (Å²) in [7, 11) is 0. The van der Waals surface area contributed by atoms with Crippen molar-refractivity contribution < 1.29 is 14.6 Å². The summed E-state index contributed by atoms with van der Waals surface area (Å²) in [5.74, 6) is 0.938. The Bertz CT molecular complexity index is 357. The average molecular weight is 267 g/mol. The second kappa shape index (κ2) is 8.91. The number of hydrogen-bond acceptors (Lipinski definition) is 4. The summed E-state index contributed by atoms with van der Waals surface area (Å²) in [4.78, 5) is 0. The third-order valence-corrected chi connectivity index (χ3v) is 2.81. The first-order valence-electron chi connectivity index (χ1n) is 6.81. The highest BCUT2D eigenvalue weighted by Gasteiger charge is 2.06. The van der Waals surface area contributed by atoms with E-state index in [-0.39, 0.29) is 6.61 Å². The van der Waals surface area contributed by atoms with Crippen LogP contribution >= 0.6 is 0 Å². The molecule has 19 heavy (non-hydrogen) atoms. The van der Waals surface area contributed by atoms with E-state index in [2.05, 4.69) is 38.2 Å². The second-order valence-electron chi connectivity index (χ2n) is 4.52. The van der Waals surface area contributed by atoms with Crippen molar-refractivity contribution in [3.8, 4) is 5.75 Å². The molecule has 0 atom stereocenters. The van der Waals surface area contributed by atoms with E-state index < -0.39 is 0 Å². The third-order valence-electron chi connectivity index (χ3n) is 2.81. The Balaban J connectivity index is 2.53. The Morgan fingerprint density at radius 2 is 1.79 bits per heavy atom. The van der Waals surface area contributed by atoms with Crippen molar-refractivity contribution in [1.29, 1.82) is 0 Å². The van der Waals surface area contributed by atoms with Crippen molar-refractivity contribution in [2.75, 3.05) is 33.0 Å². The molecule has 0 aliphatic rings. The molecule has 2 N–H and O–H groups in total. The Hall–Kier alpha value is -1.10. The van der Waals surface area contributed by atoms with E-state index in [9.17, 15) is 0 Å². The maximum absolute atomic E-state index is 8.60. The maximum Gasteiger partial charge on any atom is 0.125 e. The van der Waals surface area contributed by atoms with Gasteiger partial charge in [-0.25, -0.2) is 0 Å². The number of nitrogens with one attached hydrogen (secondary N) is 1. The van der Waals surface area contributed by atoms with Crippen LogP contribution < -0.4 is 10.1 Å². The molecule has 108 valence electrons. The molecule has 0 fully saturated rings. The molecule has 0 aliphatic carbocycles. The first-order chi connectivity index (χ1) is 9.19. The molecule has 0 unspecified atom stereocenters. The average Bonchev–Trinajstić information content (AvgIpc) is 2.38. The van der Waals surface area contributed by atoms with Gasteiger partial charge in [-0.1, -0.05) is 19.1 Å². The zero-order chi connectivity index (χ0) is 14.1. The van der Waals surface area contributed by atoms with E-state index in [1.54, 1.807) is 0 Å². The summed E-state index contributed by atoms with van der Waals surface area (Å²) in [5.41, 5.74) is 3.57. The van der Waals surface area contributed by atoms with Crippen LogP contribution in [0.1, 0.15) is 23.6 Å². The van der Waals surface area contributed by atoms with E-state index in [0.29, 0.717) is 19.8 Å². The first-order valence-corrected chi connectivity index (χ1v) is 6.81. The maximum atomic E-state index is 8.60. The van der Waals surface area contributed by atoms with Gasteiger partial charge in [0.1, 0.15) is 12.4 Å². The minimum Gasteiger partial charge on any atom is -0.491 e. The third kappa shape index (κ3) is 5.59. The van der Waals surface area contributed by atoms with Gasteiger partial charge in [-0.3, -0.25) is 0 Å². The van der Waals surface area contributed by atoms with Gasteiger partial charge in [-0.05, 0) is 37.1 Å². The lowest BCUT2D eigenvalue weighted by Crippen LogP contribution is -2.13. The summed E-state index contributed by atoms with van der Waals surface area (Å²) < 4.78 is 10.9. The van der Waals surface area contributed by atoms with Gasteiger partial charge in [0.2, 0.25) is 0 Å². The van der Waals surface area contributed by atoms with Gasteiger partial charge in [-0.15, -0.1) is 0 Å². The van der Waals surface area contributed by atoms with Crippen molar-refractivity contribution >= 4 is 0 Å². The Morgan fingerprint density at radius 1 is 1.11 bits per heavy atom. The Kier molecular flexibility index (Phi) is 7.48. The molecule has 0 aromatic heterocycles. The molecule has 0 saturated carbocycles. The van der Waals surface area contributed by atoms with Crippen LogP contribution in [-0.2, 0) is 11.3 Å². The number of rotatable bonds is 9. The lowest BCUT2D eigenvalue weighted by molar-refractivity contribution is 0.0702. The van der Waals surface area contributed by atoms with Crippen LogP contribution in [0.25, 0.3) is 0 Å². The van der Waals surface area contributed by atoms with E-state index in [1.807, 2.05) is 0 Å². The molecular weight excluding hydrogens is 242 g/mol.